The maximum Gasteiger partial charge on any atom is 0.271 e. The molecule has 0 unspecified atom stereocenters. The van der Waals surface area contributed by atoms with E-state index in [9.17, 15) is 35.1 Å². The highest BCUT2D eigenvalue weighted by Gasteiger charge is 2.39. The molecular weight excluding hydrogens is 292 g/mol. The molecule has 0 spiro atoms. The second-order valence-electron chi connectivity index (χ2n) is 5.09. The summed E-state index contributed by atoms with van der Waals surface area (Å²) in [6.45, 7) is 1.96. The van der Waals surface area contributed by atoms with Crippen LogP contribution in [0.1, 0.15) is 47.7 Å². The number of unbranched alkanes of at least 4 members (excludes halogenated alkanes) is 2. The fourth-order valence-electron chi connectivity index (χ4n) is 2.45. The van der Waals surface area contributed by atoms with Gasteiger partial charge in [0.15, 0.2) is 17.3 Å². The fourth-order valence-corrected chi connectivity index (χ4v) is 2.45. The normalized spacial score (nSPS) is 14.4. The highest BCUT2D eigenvalue weighted by Crippen LogP contribution is 2.47. The predicted molar refractivity (Wildman–Crippen MR) is 76.2 cm³/mol. The number of hydrogen-bond acceptors (Lipinski definition) is 7. The van der Waals surface area contributed by atoms with Crippen molar-refractivity contribution in [2.45, 2.75) is 32.6 Å². The van der Waals surface area contributed by atoms with E-state index in [2.05, 4.69) is 0 Å². The third-order valence-corrected chi connectivity index (χ3v) is 3.66. The van der Waals surface area contributed by atoms with Gasteiger partial charge in [0, 0.05) is 5.56 Å². The van der Waals surface area contributed by atoms with Gasteiger partial charge in [-0.1, -0.05) is 19.8 Å². The van der Waals surface area contributed by atoms with Crippen LogP contribution in [0.3, 0.4) is 0 Å². The molecule has 0 aliphatic heterocycles. The first-order valence-corrected chi connectivity index (χ1v) is 6.84. The molecule has 0 saturated carbocycles. The van der Waals surface area contributed by atoms with E-state index in [1.807, 2.05) is 6.92 Å². The maximum absolute atomic E-state index is 11.9. The van der Waals surface area contributed by atoms with Crippen molar-refractivity contribution >= 4 is 17.3 Å². The van der Waals surface area contributed by atoms with Gasteiger partial charge in [-0.3, -0.25) is 9.59 Å². The number of ketones is 2. The van der Waals surface area contributed by atoms with Crippen molar-refractivity contribution in [3.05, 3.63) is 22.4 Å². The Morgan fingerprint density at radius 2 is 1.36 bits per heavy atom. The Bertz CT molecular complexity index is 701. The van der Waals surface area contributed by atoms with Crippen molar-refractivity contribution in [3.8, 4) is 17.2 Å². The molecule has 5 N–H and O–H groups in total. The molecule has 0 aromatic heterocycles. The van der Waals surface area contributed by atoms with Crippen molar-refractivity contribution in [2.24, 2.45) is 0 Å². The minimum absolute atomic E-state index is 0.0694. The quantitative estimate of drug-likeness (QED) is 0.249. The van der Waals surface area contributed by atoms with E-state index in [1.54, 1.807) is 0 Å². The second-order valence-corrected chi connectivity index (χ2v) is 5.09. The Morgan fingerprint density at radius 3 is 1.95 bits per heavy atom. The lowest BCUT2D eigenvalue weighted by Crippen LogP contribution is -2.24. The molecule has 118 valence electrons. The van der Waals surface area contributed by atoms with E-state index < -0.39 is 51.5 Å². The monoisotopic (exact) mass is 308 g/mol. The minimum Gasteiger partial charge on any atom is -0.507 e. The van der Waals surface area contributed by atoms with Crippen molar-refractivity contribution < 1.29 is 35.1 Å². The summed E-state index contributed by atoms with van der Waals surface area (Å²) in [4.78, 5) is 23.5. The number of benzene rings is 1. The lowest BCUT2D eigenvalue weighted by Gasteiger charge is -2.20. The molecule has 0 heterocycles. The van der Waals surface area contributed by atoms with Gasteiger partial charge in [0.25, 0.3) is 5.78 Å². The number of rotatable bonds is 4. The summed E-state index contributed by atoms with van der Waals surface area (Å²) in [5.74, 6) is -7.13. The summed E-state index contributed by atoms with van der Waals surface area (Å²) in [5.41, 5.74) is -1.32. The van der Waals surface area contributed by atoms with Crippen LogP contribution < -0.4 is 0 Å². The highest BCUT2D eigenvalue weighted by molar-refractivity contribution is 6.52. The van der Waals surface area contributed by atoms with Gasteiger partial charge in [-0.05, 0) is 12.8 Å². The summed E-state index contributed by atoms with van der Waals surface area (Å²) < 4.78 is 0. The van der Waals surface area contributed by atoms with E-state index in [1.165, 1.54) is 0 Å². The van der Waals surface area contributed by atoms with Crippen LogP contribution in [0.15, 0.2) is 5.76 Å². The molecule has 0 bridgehead atoms. The van der Waals surface area contributed by atoms with Crippen LogP contribution in [0, 0.1) is 0 Å². The van der Waals surface area contributed by atoms with E-state index in [4.69, 9.17) is 0 Å². The van der Waals surface area contributed by atoms with Crippen molar-refractivity contribution in [1.29, 1.82) is 0 Å². The number of carbonyl (C=O) groups excluding carboxylic acids is 2. The van der Waals surface area contributed by atoms with E-state index in [0.29, 0.717) is 6.42 Å². The SMILES string of the molecule is CCCCCc1c(O)c(O)c2c(c1O)C(=O)C(=O)C(O)=C2O. The summed E-state index contributed by atoms with van der Waals surface area (Å²) in [6.07, 6.45) is 2.46. The molecule has 2 rings (SSSR count). The first-order chi connectivity index (χ1) is 10.3. The molecular formula is C15H16O7. The first-order valence-electron chi connectivity index (χ1n) is 6.84. The number of carbonyl (C=O) groups is 2. The minimum atomic E-state index is -1.38. The number of hydrogen-bond donors (Lipinski definition) is 5. The molecule has 0 radical (unpaired) electrons. The lowest BCUT2D eigenvalue weighted by molar-refractivity contribution is -0.114. The number of Topliss-reactive ketones (excluding diaryl/α,β-unsaturated/α-hetero) is 2. The summed E-state index contributed by atoms with van der Waals surface area (Å²) in [6, 6.07) is 0. The van der Waals surface area contributed by atoms with E-state index in [0.717, 1.165) is 12.8 Å². The van der Waals surface area contributed by atoms with Gasteiger partial charge in [-0.2, -0.15) is 0 Å². The third kappa shape index (κ3) is 2.14. The fraction of sp³-hybridized carbons (Fsp3) is 0.333. The van der Waals surface area contributed by atoms with Gasteiger partial charge in [0.05, 0.1) is 11.1 Å². The number of aliphatic hydroxyl groups excluding tert-OH is 2. The Labute approximate surface area is 125 Å². The van der Waals surface area contributed by atoms with Gasteiger partial charge in [0.2, 0.25) is 11.5 Å². The van der Waals surface area contributed by atoms with Crippen LogP contribution >= 0.6 is 0 Å². The first kappa shape index (κ1) is 15.7. The summed E-state index contributed by atoms with van der Waals surface area (Å²) in [7, 11) is 0. The third-order valence-electron chi connectivity index (χ3n) is 3.66. The number of aliphatic hydroxyl groups is 2. The topological polar surface area (TPSA) is 135 Å². The van der Waals surface area contributed by atoms with Crippen LogP contribution in [-0.4, -0.2) is 37.1 Å². The molecule has 1 aromatic rings. The molecule has 7 heteroatoms. The number of phenolic OH excluding ortho intramolecular Hbond substituents is 3. The highest BCUT2D eigenvalue weighted by atomic mass is 16.3. The van der Waals surface area contributed by atoms with Crippen molar-refractivity contribution in [2.75, 3.05) is 0 Å². The molecule has 1 aromatic carbocycles. The van der Waals surface area contributed by atoms with E-state index >= 15 is 0 Å². The number of aromatic hydroxyl groups is 3. The molecule has 0 saturated heterocycles. The number of phenols is 3. The van der Waals surface area contributed by atoms with Crippen LogP contribution in [0.4, 0.5) is 0 Å². The summed E-state index contributed by atoms with van der Waals surface area (Å²) >= 11 is 0. The largest absolute Gasteiger partial charge is 0.507 e. The standard InChI is InChI=1S/C15H16O7/c1-2-3-4-5-6-9(16)7-8(11(18)10(6)17)13(20)15(22)14(21)12(7)19/h16-18,20,22H,2-5H2,1H3. The van der Waals surface area contributed by atoms with Crippen molar-refractivity contribution in [3.63, 3.8) is 0 Å². The maximum atomic E-state index is 11.9. The number of allylic oxidation sites excluding steroid dienone is 1. The zero-order valence-corrected chi connectivity index (χ0v) is 11.9. The van der Waals surface area contributed by atoms with Crippen LogP contribution in [0.25, 0.3) is 5.76 Å². The predicted octanol–water partition coefficient (Wildman–Crippen LogP) is 2.09. The zero-order chi connectivity index (χ0) is 16.6. The van der Waals surface area contributed by atoms with Gasteiger partial charge >= 0.3 is 0 Å². The average Bonchev–Trinajstić information content (AvgIpc) is 2.50. The van der Waals surface area contributed by atoms with Gasteiger partial charge in [0.1, 0.15) is 5.75 Å². The smallest absolute Gasteiger partial charge is 0.271 e. The lowest BCUT2D eigenvalue weighted by atomic mass is 9.87. The number of fused-ring (bicyclic) bond motifs is 1. The van der Waals surface area contributed by atoms with Crippen molar-refractivity contribution in [1.82, 2.24) is 0 Å². The van der Waals surface area contributed by atoms with Gasteiger partial charge < -0.3 is 25.5 Å². The molecule has 0 fully saturated rings. The molecule has 7 nitrogen and oxygen atoms in total. The Morgan fingerprint density at radius 1 is 0.727 bits per heavy atom. The average molecular weight is 308 g/mol. The Balaban J connectivity index is 2.70. The van der Waals surface area contributed by atoms with Crippen LogP contribution in [-0.2, 0) is 11.2 Å². The second kappa shape index (κ2) is 5.59. The summed E-state index contributed by atoms with van der Waals surface area (Å²) in [5, 5.41) is 49.2. The molecule has 22 heavy (non-hydrogen) atoms. The Kier molecular flexibility index (Phi) is 3.99. The van der Waals surface area contributed by atoms with Gasteiger partial charge in [-0.25, -0.2) is 0 Å². The Hall–Kier alpha value is -2.70. The van der Waals surface area contributed by atoms with E-state index in [-0.39, 0.29) is 12.0 Å². The molecule has 1 aliphatic carbocycles. The molecule has 0 atom stereocenters. The van der Waals surface area contributed by atoms with Crippen LogP contribution in [0.2, 0.25) is 0 Å². The molecule has 0 amide bonds. The van der Waals surface area contributed by atoms with Gasteiger partial charge in [-0.15, -0.1) is 0 Å². The van der Waals surface area contributed by atoms with Crippen LogP contribution in [0.5, 0.6) is 17.2 Å². The zero-order valence-electron chi connectivity index (χ0n) is 11.9. The molecule has 1 aliphatic rings.